The molecule has 0 aliphatic heterocycles. The van der Waals surface area contributed by atoms with Crippen molar-refractivity contribution in [2.45, 2.75) is 17.7 Å². The van der Waals surface area contributed by atoms with Gasteiger partial charge >= 0.3 is 5.97 Å². The minimum atomic E-state index is -4.28. The van der Waals surface area contributed by atoms with Crippen molar-refractivity contribution in [3.63, 3.8) is 0 Å². The summed E-state index contributed by atoms with van der Waals surface area (Å²) in [5.41, 5.74) is 3.47. The first-order valence-corrected chi connectivity index (χ1v) is 14.1. The number of sulfonamides is 1. The molecule has 202 valence electrons. The summed E-state index contributed by atoms with van der Waals surface area (Å²) in [6, 6.07) is 29.0. The maximum Gasteiger partial charge on any atom is 0.337 e. The summed E-state index contributed by atoms with van der Waals surface area (Å²) in [5.74, 6) is -2.06. The Bertz CT molecular complexity index is 1800. The van der Waals surface area contributed by atoms with Crippen LogP contribution < -0.4 is 4.31 Å². The van der Waals surface area contributed by atoms with Gasteiger partial charge in [0.25, 0.3) is 15.9 Å². The molecule has 5 rings (SSSR count). The van der Waals surface area contributed by atoms with E-state index in [2.05, 4.69) is 0 Å². The van der Waals surface area contributed by atoms with Crippen molar-refractivity contribution >= 4 is 38.5 Å². The number of aryl methyl sites for hydroxylation is 2. The molecule has 0 N–H and O–H groups in total. The highest BCUT2D eigenvalue weighted by molar-refractivity contribution is 7.93. The number of anilines is 1. The number of hydrogen-bond donors (Lipinski definition) is 0. The van der Waals surface area contributed by atoms with Crippen LogP contribution in [-0.2, 0) is 26.6 Å². The highest BCUT2D eigenvalue weighted by Crippen LogP contribution is 2.37. The van der Waals surface area contributed by atoms with Crippen molar-refractivity contribution in [1.29, 1.82) is 0 Å². The normalized spacial score (nSPS) is 12.2. The van der Waals surface area contributed by atoms with Crippen LogP contribution in [0.4, 0.5) is 5.69 Å². The Balaban J connectivity index is 1.73. The number of methoxy groups -OCH3 is 1. The average molecular weight is 553 g/mol. The molecule has 1 heterocycles. The van der Waals surface area contributed by atoms with Crippen LogP contribution in [0.5, 0.6) is 0 Å². The number of esters is 1. The molecule has 1 unspecified atom stereocenters. The fourth-order valence-corrected chi connectivity index (χ4v) is 6.30. The van der Waals surface area contributed by atoms with Gasteiger partial charge in [-0.3, -0.25) is 4.79 Å². The lowest BCUT2D eigenvalue weighted by molar-refractivity contribution is -0.118. The third-order valence-corrected chi connectivity index (χ3v) is 8.62. The standard InChI is InChI=1S/C32H28N2O5S/c1-22-14-17-26(18-15-22)40(37,38)34(25-12-8-5-9-13-25)31(35)30(23-10-6-4-7-11-23)28-21-33(2)29-20-24(32(36)39-3)16-19-27(28)29/h4-21,30H,1-3H3. The number of para-hydroxylation sites is 1. The highest BCUT2D eigenvalue weighted by Gasteiger charge is 2.38. The Morgan fingerprint density at radius 2 is 1.48 bits per heavy atom. The monoisotopic (exact) mass is 552 g/mol. The molecule has 0 aliphatic carbocycles. The van der Waals surface area contributed by atoms with Gasteiger partial charge in [-0.15, -0.1) is 0 Å². The van der Waals surface area contributed by atoms with Crippen LogP contribution in [0.25, 0.3) is 10.9 Å². The minimum absolute atomic E-state index is 0.0164. The third kappa shape index (κ3) is 4.89. The summed E-state index contributed by atoms with van der Waals surface area (Å²) in [6.45, 7) is 1.87. The van der Waals surface area contributed by atoms with Gasteiger partial charge in [-0.1, -0.05) is 72.3 Å². The first-order chi connectivity index (χ1) is 19.2. The van der Waals surface area contributed by atoms with Crippen molar-refractivity contribution in [3.05, 3.63) is 132 Å². The molecule has 1 aromatic heterocycles. The molecule has 0 radical (unpaired) electrons. The van der Waals surface area contributed by atoms with E-state index in [1.807, 2.05) is 55.1 Å². The predicted molar refractivity (Wildman–Crippen MR) is 155 cm³/mol. The molecule has 1 amide bonds. The third-order valence-electron chi connectivity index (χ3n) is 6.88. The number of nitrogens with zero attached hydrogens (tertiary/aromatic N) is 2. The number of hydrogen-bond acceptors (Lipinski definition) is 5. The minimum Gasteiger partial charge on any atom is -0.465 e. The fourth-order valence-electron chi connectivity index (χ4n) is 4.87. The molecule has 5 aromatic rings. The van der Waals surface area contributed by atoms with Crippen LogP contribution >= 0.6 is 0 Å². The van der Waals surface area contributed by atoms with Gasteiger partial charge in [-0.2, -0.15) is 0 Å². The van der Waals surface area contributed by atoms with Gasteiger partial charge in [0.15, 0.2) is 0 Å². The topological polar surface area (TPSA) is 85.7 Å². The number of amides is 1. The molecule has 7 nitrogen and oxygen atoms in total. The molecule has 0 aliphatic rings. The van der Waals surface area contributed by atoms with Gasteiger partial charge in [0.05, 0.1) is 29.2 Å². The summed E-state index contributed by atoms with van der Waals surface area (Å²) >= 11 is 0. The maximum absolute atomic E-state index is 14.7. The molecular formula is C32H28N2O5S. The number of rotatable bonds is 7. The number of carbonyl (C=O) groups excluding carboxylic acids is 2. The van der Waals surface area contributed by atoms with Crippen LogP contribution in [0.3, 0.4) is 0 Å². The Hall–Kier alpha value is -4.69. The van der Waals surface area contributed by atoms with Crippen molar-refractivity contribution in [2.75, 3.05) is 11.4 Å². The van der Waals surface area contributed by atoms with E-state index in [4.69, 9.17) is 4.74 Å². The predicted octanol–water partition coefficient (Wildman–Crippen LogP) is 5.83. The first-order valence-electron chi connectivity index (χ1n) is 12.7. The molecule has 0 saturated carbocycles. The van der Waals surface area contributed by atoms with E-state index >= 15 is 0 Å². The van der Waals surface area contributed by atoms with Crippen LogP contribution in [0, 0.1) is 6.92 Å². The van der Waals surface area contributed by atoms with Gasteiger partial charge in [-0.25, -0.2) is 17.5 Å². The van der Waals surface area contributed by atoms with E-state index in [0.717, 1.165) is 15.3 Å². The molecule has 8 heteroatoms. The van der Waals surface area contributed by atoms with Crippen molar-refractivity contribution in [3.8, 4) is 0 Å². The van der Waals surface area contributed by atoms with Crippen LogP contribution in [0.2, 0.25) is 0 Å². The highest BCUT2D eigenvalue weighted by atomic mass is 32.2. The number of carbonyl (C=O) groups is 2. The molecule has 0 saturated heterocycles. The van der Waals surface area contributed by atoms with Crippen molar-refractivity contribution in [1.82, 2.24) is 4.57 Å². The number of benzene rings is 4. The van der Waals surface area contributed by atoms with Gasteiger partial charge < -0.3 is 9.30 Å². The Labute approximate surface area is 233 Å². The fraction of sp³-hybridized carbons (Fsp3) is 0.125. The lowest BCUT2D eigenvalue weighted by Gasteiger charge is -2.27. The zero-order valence-corrected chi connectivity index (χ0v) is 23.1. The van der Waals surface area contributed by atoms with Crippen molar-refractivity contribution < 1.29 is 22.7 Å². The second-order valence-corrected chi connectivity index (χ2v) is 11.3. The summed E-state index contributed by atoms with van der Waals surface area (Å²) < 4.78 is 35.8. The second kappa shape index (κ2) is 10.8. The summed E-state index contributed by atoms with van der Waals surface area (Å²) in [4.78, 5) is 26.9. The zero-order chi connectivity index (χ0) is 28.4. The first kappa shape index (κ1) is 26.9. The van der Waals surface area contributed by atoms with E-state index in [-0.39, 0.29) is 10.6 Å². The smallest absolute Gasteiger partial charge is 0.337 e. The van der Waals surface area contributed by atoms with Gasteiger partial charge in [0.2, 0.25) is 0 Å². The number of fused-ring (bicyclic) bond motifs is 1. The van der Waals surface area contributed by atoms with Gasteiger partial charge in [0.1, 0.15) is 0 Å². The lowest BCUT2D eigenvalue weighted by atomic mass is 9.90. The molecule has 0 spiro atoms. The molecule has 4 aromatic carbocycles. The van der Waals surface area contributed by atoms with Gasteiger partial charge in [-0.05, 0) is 54.4 Å². The quantitative estimate of drug-likeness (QED) is 0.237. The Kier molecular flexibility index (Phi) is 7.28. The molecule has 0 fully saturated rings. The van der Waals surface area contributed by atoms with E-state index in [9.17, 15) is 18.0 Å². The summed E-state index contributed by atoms with van der Waals surface area (Å²) in [6.07, 6.45) is 1.81. The van der Waals surface area contributed by atoms with Crippen LogP contribution in [0.1, 0.15) is 33.0 Å². The van der Waals surface area contributed by atoms with Crippen LogP contribution in [0.15, 0.2) is 114 Å². The number of ether oxygens (including phenoxy) is 1. The lowest BCUT2D eigenvalue weighted by Crippen LogP contribution is -2.40. The van der Waals surface area contributed by atoms with E-state index in [1.54, 1.807) is 60.7 Å². The average Bonchev–Trinajstić information content (AvgIpc) is 3.29. The van der Waals surface area contributed by atoms with Gasteiger partial charge in [0, 0.05) is 24.1 Å². The largest absolute Gasteiger partial charge is 0.465 e. The second-order valence-electron chi connectivity index (χ2n) is 9.52. The zero-order valence-electron chi connectivity index (χ0n) is 22.3. The Morgan fingerprint density at radius 1 is 0.850 bits per heavy atom. The molecule has 40 heavy (non-hydrogen) atoms. The SMILES string of the molecule is COC(=O)c1ccc2c(C(C(=O)N(c3ccccc3)S(=O)(=O)c3ccc(C)cc3)c3ccccc3)cn(C)c2c1. The van der Waals surface area contributed by atoms with E-state index in [1.165, 1.54) is 19.2 Å². The molecule has 0 bridgehead atoms. The summed E-state index contributed by atoms with van der Waals surface area (Å²) in [5, 5.41) is 0.720. The van der Waals surface area contributed by atoms with Crippen molar-refractivity contribution in [2.24, 2.45) is 7.05 Å². The maximum atomic E-state index is 14.7. The molecule has 1 atom stereocenters. The summed E-state index contributed by atoms with van der Waals surface area (Å²) in [7, 11) is -1.15. The molecular weight excluding hydrogens is 524 g/mol. The van der Waals surface area contributed by atoms with E-state index in [0.29, 0.717) is 22.2 Å². The Morgan fingerprint density at radius 3 is 2.10 bits per heavy atom. The van der Waals surface area contributed by atoms with Crippen LogP contribution in [-0.4, -0.2) is 32.0 Å². The van der Waals surface area contributed by atoms with E-state index < -0.39 is 27.8 Å². The number of aromatic nitrogens is 1.